The van der Waals surface area contributed by atoms with Crippen LogP contribution in [0.2, 0.25) is 0 Å². The number of hydrogen-bond donors (Lipinski definition) is 0. The van der Waals surface area contributed by atoms with Crippen molar-refractivity contribution in [1.29, 1.82) is 0 Å². The summed E-state index contributed by atoms with van der Waals surface area (Å²) in [5.74, 6) is 0.962. The number of esters is 1. The van der Waals surface area contributed by atoms with Crippen LogP contribution in [0.25, 0.3) is 10.2 Å². The first kappa shape index (κ1) is 17.0. The van der Waals surface area contributed by atoms with Gasteiger partial charge < -0.3 is 9.15 Å². The van der Waals surface area contributed by atoms with Crippen molar-refractivity contribution in [3.05, 3.63) is 50.3 Å². The SMILES string of the molecule is COC(=O)c1ccc(Cn2c(C(C)C)nc3sc4c(c3c2=O)CCC4)o1. The van der Waals surface area contributed by atoms with E-state index < -0.39 is 5.97 Å². The Hall–Kier alpha value is -2.41. The Kier molecular flexibility index (Phi) is 4.19. The minimum Gasteiger partial charge on any atom is -0.463 e. The molecule has 0 unspecified atom stereocenters. The van der Waals surface area contributed by atoms with Gasteiger partial charge in [0.2, 0.25) is 5.76 Å². The number of hydrogen-bond acceptors (Lipinski definition) is 6. The highest BCUT2D eigenvalue weighted by molar-refractivity contribution is 7.18. The molecule has 0 N–H and O–H groups in total. The first-order valence-electron chi connectivity index (χ1n) is 8.71. The van der Waals surface area contributed by atoms with E-state index in [1.165, 1.54) is 17.6 Å². The van der Waals surface area contributed by atoms with Gasteiger partial charge in [-0.15, -0.1) is 11.3 Å². The zero-order valence-electron chi connectivity index (χ0n) is 15.0. The summed E-state index contributed by atoms with van der Waals surface area (Å²) in [7, 11) is 1.31. The van der Waals surface area contributed by atoms with Gasteiger partial charge in [-0.05, 0) is 37.0 Å². The van der Waals surface area contributed by atoms with Gasteiger partial charge in [-0.2, -0.15) is 0 Å². The van der Waals surface area contributed by atoms with E-state index in [1.54, 1.807) is 28.0 Å². The van der Waals surface area contributed by atoms with Gasteiger partial charge in [0.15, 0.2) is 0 Å². The van der Waals surface area contributed by atoms with Crippen LogP contribution in [0.15, 0.2) is 21.3 Å². The Balaban J connectivity index is 1.84. The van der Waals surface area contributed by atoms with Gasteiger partial charge in [0.25, 0.3) is 5.56 Å². The van der Waals surface area contributed by atoms with Crippen LogP contribution in [0.1, 0.15) is 58.8 Å². The average molecular weight is 372 g/mol. The minimum absolute atomic E-state index is 0.0193. The lowest BCUT2D eigenvalue weighted by Crippen LogP contribution is -2.26. The maximum Gasteiger partial charge on any atom is 0.373 e. The molecule has 0 aromatic carbocycles. The van der Waals surface area contributed by atoms with Crippen LogP contribution in [0.5, 0.6) is 0 Å². The number of aromatic nitrogens is 2. The molecule has 0 amide bonds. The normalized spacial score (nSPS) is 13.5. The quantitative estimate of drug-likeness (QED) is 0.655. The number of ether oxygens (including phenoxy) is 1. The van der Waals surface area contributed by atoms with E-state index >= 15 is 0 Å². The van der Waals surface area contributed by atoms with Gasteiger partial charge in [-0.25, -0.2) is 9.78 Å². The van der Waals surface area contributed by atoms with Crippen molar-refractivity contribution in [2.45, 2.75) is 45.6 Å². The van der Waals surface area contributed by atoms with Gasteiger partial charge in [-0.3, -0.25) is 9.36 Å². The number of carbonyl (C=O) groups excluding carboxylic acids is 1. The van der Waals surface area contributed by atoms with Crippen molar-refractivity contribution < 1.29 is 13.9 Å². The number of fused-ring (bicyclic) bond motifs is 3. The van der Waals surface area contributed by atoms with E-state index in [9.17, 15) is 9.59 Å². The number of aryl methyl sites for hydroxylation is 2. The highest BCUT2D eigenvalue weighted by atomic mass is 32.1. The number of nitrogens with zero attached hydrogens (tertiary/aromatic N) is 2. The summed E-state index contributed by atoms with van der Waals surface area (Å²) in [5.41, 5.74) is 1.15. The molecule has 3 aromatic heterocycles. The maximum atomic E-state index is 13.3. The molecular weight excluding hydrogens is 352 g/mol. The first-order valence-corrected chi connectivity index (χ1v) is 9.53. The molecule has 136 valence electrons. The Morgan fingerprint density at radius 1 is 1.38 bits per heavy atom. The number of methoxy groups -OCH3 is 1. The summed E-state index contributed by atoms with van der Waals surface area (Å²) in [6.45, 7) is 4.29. The predicted octanol–water partition coefficient (Wildman–Crippen LogP) is 3.50. The molecule has 0 bridgehead atoms. The van der Waals surface area contributed by atoms with Crippen LogP contribution >= 0.6 is 11.3 Å². The van der Waals surface area contributed by atoms with Gasteiger partial charge in [0.1, 0.15) is 16.4 Å². The second kappa shape index (κ2) is 6.39. The average Bonchev–Trinajstić information content (AvgIpc) is 3.31. The Labute approximate surface area is 154 Å². The molecule has 1 aliphatic rings. The van der Waals surface area contributed by atoms with E-state index in [-0.39, 0.29) is 23.8 Å². The van der Waals surface area contributed by atoms with Crippen molar-refractivity contribution in [2.75, 3.05) is 7.11 Å². The second-order valence-corrected chi connectivity index (χ2v) is 7.89. The van der Waals surface area contributed by atoms with Crippen LogP contribution in [0.3, 0.4) is 0 Å². The van der Waals surface area contributed by atoms with Gasteiger partial charge in [0, 0.05) is 10.8 Å². The standard InChI is InChI=1S/C19H20N2O4S/c1-10(2)16-20-17-15(12-5-4-6-14(12)26-17)18(22)21(16)9-11-7-8-13(25-11)19(23)24-3/h7-8,10H,4-6,9H2,1-3H3. The summed E-state index contributed by atoms with van der Waals surface area (Å²) in [6.07, 6.45) is 3.08. The molecule has 3 aromatic rings. The fourth-order valence-corrected chi connectivity index (χ4v) is 4.77. The molecule has 0 saturated carbocycles. The number of furan rings is 1. The van der Waals surface area contributed by atoms with E-state index in [2.05, 4.69) is 4.74 Å². The Morgan fingerprint density at radius 2 is 2.19 bits per heavy atom. The smallest absolute Gasteiger partial charge is 0.373 e. The molecular formula is C19H20N2O4S. The van der Waals surface area contributed by atoms with Gasteiger partial charge >= 0.3 is 5.97 Å². The van der Waals surface area contributed by atoms with Crippen LogP contribution < -0.4 is 5.56 Å². The Morgan fingerprint density at radius 3 is 2.92 bits per heavy atom. The molecule has 0 spiro atoms. The zero-order valence-corrected chi connectivity index (χ0v) is 15.8. The van der Waals surface area contributed by atoms with Crippen molar-refractivity contribution in [2.24, 2.45) is 0 Å². The van der Waals surface area contributed by atoms with Crippen LogP contribution in [0, 0.1) is 0 Å². The number of thiophene rings is 1. The maximum absolute atomic E-state index is 13.3. The lowest BCUT2D eigenvalue weighted by Gasteiger charge is -2.14. The molecule has 6 nitrogen and oxygen atoms in total. The summed E-state index contributed by atoms with van der Waals surface area (Å²) < 4.78 is 11.9. The molecule has 7 heteroatoms. The molecule has 0 aliphatic heterocycles. The lowest BCUT2D eigenvalue weighted by atomic mass is 10.1. The lowest BCUT2D eigenvalue weighted by molar-refractivity contribution is 0.0563. The largest absolute Gasteiger partial charge is 0.463 e. The van der Waals surface area contributed by atoms with E-state index in [4.69, 9.17) is 9.40 Å². The van der Waals surface area contributed by atoms with Crippen molar-refractivity contribution >= 4 is 27.5 Å². The van der Waals surface area contributed by atoms with Crippen molar-refractivity contribution in [3.63, 3.8) is 0 Å². The molecule has 0 saturated heterocycles. The highest BCUT2D eigenvalue weighted by Gasteiger charge is 2.24. The first-order chi connectivity index (χ1) is 12.5. The molecule has 0 radical (unpaired) electrons. The highest BCUT2D eigenvalue weighted by Crippen LogP contribution is 2.35. The second-order valence-electron chi connectivity index (χ2n) is 6.81. The van der Waals surface area contributed by atoms with Crippen LogP contribution in [0.4, 0.5) is 0 Å². The van der Waals surface area contributed by atoms with Crippen molar-refractivity contribution in [1.82, 2.24) is 9.55 Å². The van der Waals surface area contributed by atoms with Gasteiger partial charge in [-0.1, -0.05) is 13.8 Å². The van der Waals surface area contributed by atoms with Gasteiger partial charge in [0.05, 0.1) is 19.0 Å². The third kappa shape index (κ3) is 2.67. The van der Waals surface area contributed by atoms with Crippen LogP contribution in [-0.2, 0) is 24.1 Å². The monoisotopic (exact) mass is 372 g/mol. The number of rotatable bonds is 4. The summed E-state index contributed by atoms with van der Waals surface area (Å²) in [6, 6.07) is 3.26. The summed E-state index contributed by atoms with van der Waals surface area (Å²) >= 11 is 1.65. The Bertz CT molecular complexity index is 1060. The summed E-state index contributed by atoms with van der Waals surface area (Å²) in [5, 5.41) is 0.756. The number of carbonyl (C=O) groups is 1. The van der Waals surface area contributed by atoms with Crippen molar-refractivity contribution in [3.8, 4) is 0 Å². The fraction of sp³-hybridized carbons (Fsp3) is 0.421. The van der Waals surface area contributed by atoms with E-state index in [0.29, 0.717) is 5.76 Å². The molecule has 0 atom stereocenters. The summed E-state index contributed by atoms with van der Waals surface area (Å²) in [4.78, 5) is 31.8. The molecule has 1 aliphatic carbocycles. The molecule has 4 rings (SSSR count). The topological polar surface area (TPSA) is 74.3 Å². The molecule has 26 heavy (non-hydrogen) atoms. The van der Waals surface area contributed by atoms with E-state index in [1.807, 2.05) is 13.8 Å². The van der Waals surface area contributed by atoms with E-state index in [0.717, 1.165) is 35.3 Å². The third-order valence-corrected chi connectivity index (χ3v) is 5.92. The molecule has 3 heterocycles. The predicted molar refractivity (Wildman–Crippen MR) is 99.1 cm³/mol. The molecule has 0 fully saturated rings. The zero-order chi connectivity index (χ0) is 18.4. The minimum atomic E-state index is -0.531. The van der Waals surface area contributed by atoms with Crippen LogP contribution in [-0.4, -0.2) is 22.6 Å². The third-order valence-electron chi connectivity index (χ3n) is 4.73. The fourth-order valence-electron chi connectivity index (χ4n) is 3.52.